The van der Waals surface area contributed by atoms with Crippen molar-refractivity contribution in [3.8, 4) is 5.69 Å². The number of carbonyl (C=O) groups is 2. The molecule has 3 aromatic rings. The molecule has 0 saturated carbocycles. The van der Waals surface area contributed by atoms with E-state index in [0.29, 0.717) is 42.7 Å². The van der Waals surface area contributed by atoms with Crippen molar-refractivity contribution in [1.29, 1.82) is 0 Å². The van der Waals surface area contributed by atoms with Gasteiger partial charge in [0.05, 0.1) is 23.9 Å². The van der Waals surface area contributed by atoms with E-state index in [2.05, 4.69) is 20.3 Å². The van der Waals surface area contributed by atoms with Crippen molar-refractivity contribution in [2.75, 3.05) is 19.7 Å². The Kier molecular flexibility index (Phi) is 7.80. The first kappa shape index (κ1) is 24.8. The number of likely N-dealkylation sites (tertiary alicyclic amines) is 1. The molecule has 1 aliphatic rings. The van der Waals surface area contributed by atoms with Crippen molar-refractivity contribution in [1.82, 2.24) is 29.9 Å². The predicted octanol–water partition coefficient (Wildman–Crippen LogP) is 3.69. The molecule has 3 heterocycles. The molecule has 0 spiro atoms. The first-order valence-corrected chi connectivity index (χ1v) is 12.8. The number of rotatable bonds is 7. The Morgan fingerprint density at radius 1 is 1.11 bits per heavy atom. The Labute approximate surface area is 209 Å². The van der Waals surface area contributed by atoms with Gasteiger partial charge in [0.1, 0.15) is 0 Å². The Morgan fingerprint density at radius 2 is 1.83 bits per heavy atom. The van der Waals surface area contributed by atoms with Gasteiger partial charge in [-0.1, -0.05) is 34.7 Å². The summed E-state index contributed by atoms with van der Waals surface area (Å²) >= 11 is 1.44. The van der Waals surface area contributed by atoms with Gasteiger partial charge >= 0.3 is 5.97 Å². The molecular formula is C25H30N6O3S. The van der Waals surface area contributed by atoms with E-state index in [-0.39, 0.29) is 23.5 Å². The average molecular weight is 495 g/mol. The minimum atomic E-state index is -0.318. The molecule has 4 rings (SSSR count). The van der Waals surface area contributed by atoms with Crippen molar-refractivity contribution < 1.29 is 14.3 Å². The van der Waals surface area contributed by atoms with E-state index in [9.17, 15) is 9.59 Å². The summed E-state index contributed by atoms with van der Waals surface area (Å²) in [6.07, 6.45) is 1.45. The van der Waals surface area contributed by atoms with E-state index in [1.807, 2.05) is 51.1 Å². The number of piperidine rings is 1. The Morgan fingerprint density at radius 3 is 2.51 bits per heavy atom. The second-order valence-electron chi connectivity index (χ2n) is 8.70. The highest BCUT2D eigenvalue weighted by Crippen LogP contribution is 2.26. The molecule has 1 unspecified atom stereocenters. The van der Waals surface area contributed by atoms with E-state index in [1.165, 1.54) is 11.8 Å². The number of nitrogens with zero attached hydrogens (tertiary/aromatic N) is 6. The van der Waals surface area contributed by atoms with Crippen molar-refractivity contribution in [2.24, 2.45) is 5.92 Å². The number of amides is 1. The van der Waals surface area contributed by atoms with E-state index in [0.717, 1.165) is 29.1 Å². The Bertz CT molecular complexity index is 1190. The van der Waals surface area contributed by atoms with Crippen LogP contribution in [0.15, 0.2) is 35.5 Å². The Balaban J connectivity index is 1.63. The van der Waals surface area contributed by atoms with Gasteiger partial charge < -0.3 is 9.64 Å². The van der Waals surface area contributed by atoms with E-state index >= 15 is 0 Å². The fourth-order valence-corrected chi connectivity index (χ4v) is 5.09. The maximum atomic E-state index is 13.6. The van der Waals surface area contributed by atoms with Crippen LogP contribution in [0.5, 0.6) is 0 Å². The number of benzene rings is 1. The summed E-state index contributed by atoms with van der Waals surface area (Å²) < 4.78 is 6.89. The molecule has 0 radical (unpaired) electrons. The van der Waals surface area contributed by atoms with Gasteiger partial charge in [-0.05, 0) is 58.7 Å². The number of aromatic nitrogens is 5. The van der Waals surface area contributed by atoms with Crippen molar-refractivity contribution in [2.45, 2.75) is 51.4 Å². The molecule has 0 bridgehead atoms. The minimum Gasteiger partial charge on any atom is -0.466 e. The van der Waals surface area contributed by atoms with Crippen molar-refractivity contribution in [3.05, 3.63) is 58.7 Å². The molecule has 1 amide bonds. The van der Waals surface area contributed by atoms with Crippen LogP contribution < -0.4 is 0 Å². The van der Waals surface area contributed by atoms with Crippen LogP contribution in [0, 0.1) is 26.7 Å². The molecule has 184 valence electrons. The third-order valence-corrected chi connectivity index (χ3v) is 6.73. The quantitative estimate of drug-likeness (QED) is 0.278. The van der Waals surface area contributed by atoms with Gasteiger partial charge in [-0.25, -0.2) is 14.6 Å². The molecule has 1 saturated heterocycles. The zero-order valence-electron chi connectivity index (χ0n) is 20.5. The number of esters is 1. The minimum absolute atomic E-state index is 0.227. The zero-order chi connectivity index (χ0) is 24.9. The Hall–Kier alpha value is -3.27. The lowest BCUT2D eigenvalue weighted by Crippen LogP contribution is -2.43. The van der Waals surface area contributed by atoms with Gasteiger partial charge in [0.25, 0.3) is 5.91 Å². The summed E-state index contributed by atoms with van der Waals surface area (Å²) in [4.78, 5) is 36.6. The topological polar surface area (TPSA) is 103 Å². The lowest BCUT2D eigenvalue weighted by Gasteiger charge is -2.31. The van der Waals surface area contributed by atoms with Crippen LogP contribution in [0.3, 0.4) is 0 Å². The van der Waals surface area contributed by atoms with E-state index < -0.39 is 0 Å². The van der Waals surface area contributed by atoms with Crippen LogP contribution in [0.4, 0.5) is 0 Å². The monoisotopic (exact) mass is 494 g/mol. The van der Waals surface area contributed by atoms with Crippen molar-refractivity contribution in [3.63, 3.8) is 0 Å². The largest absolute Gasteiger partial charge is 0.466 e. The lowest BCUT2D eigenvalue weighted by atomic mass is 9.98. The lowest BCUT2D eigenvalue weighted by molar-refractivity contribution is -0.149. The number of hydrogen-bond donors (Lipinski definition) is 0. The van der Waals surface area contributed by atoms with Crippen molar-refractivity contribution >= 4 is 23.6 Å². The summed E-state index contributed by atoms with van der Waals surface area (Å²) in [6, 6.07) is 9.83. The zero-order valence-corrected chi connectivity index (χ0v) is 21.3. The van der Waals surface area contributed by atoms with Gasteiger partial charge in [0, 0.05) is 30.2 Å². The summed E-state index contributed by atoms with van der Waals surface area (Å²) in [5.74, 6) is -0.383. The average Bonchev–Trinajstić information content (AvgIpc) is 3.26. The van der Waals surface area contributed by atoms with Crippen LogP contribution in [0.2, 0.25) is 0 Å². The SMILES string of the molecule is CCOC(=O)C1CCCN(C(=O)c2nnn(-c3ccc(C)cc3)c2CSc2nc(C)cc(C)n2)C1. The third-order valence-electron chi connectivity index (χ3n) is 5.87. The van der Waals surface area contributed by atoms with Gasteiger partial charge in [-0.3, -0.25) is 9.59 Å². The van der Waals surface area contributed by atoms with Gasteiger partial charge in [-0.15, -0.1) is 5.10 Å². The van der Waals surface area contributed by atoms with Crippen LogP contribution in [-0.4, -0.2) is 61.4 Å². The van der Waals surface area contributed by atoms with Crippen LogP contribution in [-0.2, 0) is 15.3 Å². The molecule has 1 aromatic carbocycles. The highest BCUT2D eigenvalue weighted by Gasteiger charge is 2.32. The van der Waals surface area contributed by atoms with E-state index in [1.54, 1.807) is 16.5 Å². The molecule has 9 nitrogen and oxygen atoms in total. The molecular weight excluding hydrogens is 464 g/mol. The molecule has 1 atom stereocenters. The summed E-state index contributed by atoms with van der Waals surface area (Å²) in [6.45, 7) is 8.89. The van der Waals surface area contributed by atoms with E-state index in [4.69, 9.17) is 4.74 Å². The number of thioether (sulfide) groups is 1. The fraction of sp³-hybridized carbons (Fsp3) is 0.440. The second kappa shape index (κ2) is 11.0. The molecule has 0 aliphatic carbocycles. The highest BCUT2D eigenvalue weighted by molar-refractivity contribution is 7.98. The summed E-state index contributed by atoms with van der Waals surface area (Å²) in [5, 5.41) is 9.27. The van der Waals surface area contributed by atoms with Crippen LogP contribution in [0.1, 0.15) is 52.9 Å². The normalized spacial score (nSPS) is 15.8. The van der Waals surface area contributed by atoms with Gasteiger partial charge in [0.15, 0.2) is 10.9 Å². The standard InChI is InChI=1S/C25H30N6O3S/c1-5-34-24(33)19-7-6-12-30(14-19)23(32)22-21(15-35-25-26-17(3)13-18(4)27-25)31(29-28-22)20-10-8-16(2)9-11-20/h8-11,13,19H,5-7,12,14-15H2,1-4H3. The first-order chi connectivity index (χ1) is 16.9. The van der Waals surface area contributed by atoms with Gasteiger partial charge in [0.2, 0.25) is 0 Å². The second-order valence-corrected chi connectivity index (χ2v) is 9.64. The first-order valence-electron chi connectivity index (χ1n) is 11.8. The maximum Gasteiger partial charge on any atom is 0.310 e. The number of hydrogen-bond acceptors (Lipinski definition) is 8. The molecule has 1 aliphatic heterocycles. The predicted molar refractivity (Wildman–Crippen MR) is 132 cm³/mol. The third kappa shape index (κ3) is 5.87. The van der Waals surface area contributed by atoms with Crippen LogP contribution in [0.25, 0.3) is 5.69 Å². The summed E-state index contributed by atoms with van der Waals surface area (Å²) in [7, 11) is 0. The molecule has 1 fully saturated rings. The smallest absolute Gasteiger partial charge is 0.310 e. The number of ether oxygens (including phenoxy) is 1. The fourth-order valence-electron chi connectivity index (χ4n) is 4.15. The highest BCUT2D eigenvalue weighted by atomic mass is 32.2. The molecule has 2 aromatic heterocycles. The number of carbonyl (C=O) groups excluding carboxylic acids is 2. The van der Waals surface area contributed by atoms with Crippen LogP contribution >= 0.6 is 11.8 Å². The molecule has 0 N–H and O–H groups in total. The van der Waals surface area contributed by atoms with Gasteiger partial charge in [-0.2, -0.15) is 0 Å². The summed E-state index contributed by atoms with van der Waals surface area (Å²) in [5.41, 5.74) is 4.68. The maximum absolute atomic E-state index is 13.6. The molecule has 35 heavy (non-hydrogen) atoms. The number of aryl methyl sites for hydroxylation is 3. The molecule has 10 heteroatoms.